The first-order valence-corrected chi connectivity index (χ1v) is 9.95. The van der Waals surface area contributed by atoms with Crippen LogP contribution in [-0.4, -0.2) is 23.1 Å². The molecule has 0 aliphatic carbocycles. The van der Waals surface area contributed by atoms with E-state index < -0.39 is 30.7 Å². The van der Waals surface area contributed by atoms with Crippen molar-refractivity contribution in [2.75, 3.05) is 6.26 Å². The summed E-state index contributed by atoms with van der Waals surface area (Å²) in [6.45, 7) is 0. The van der Waals surface area contributed by atoms with E-state index in [9.17, 15) is 21.2 Å². The van der Waals surface area contributed by atoms with E-state index in [1.807, 2.05) is 0 Å². The van der Waals surface area contributed by atoms with Crippen molar-refractivity contribution in [2.45, 2.75) is 9.79 Å². The molecule has 0 unspecified atom stereocenters. The lowest BCUT2D eigenvalue weighted by atomic mass is 10.3. The molecule has 10 heteroatoms. The molecule has 0 fully saturated rings. The monoisotopic (exact) mass is 398 g/mol. The molecule has 23 heavy (non-hydrogen) atoms. The summed E-state index contributed by atoms with van der Waals surface area (Å²) < 4.78 is 65.4. The molecular formula is C13H9Cl2FO5S2. The number of halogens is 3. The molecule has 0 heterocycles. The Bertz CT molecular complexity index is 972. The summed E-state index contributed by atoms with van der Waals surface area (Å²) in [7, 11) is -8.11. The Morgan fingerprint density at radius 1 is 0.957 bits per heavy atom. The Hall–Kier alpha value is -1.35. The van der Waals surface area contributed by atoms with Crippen LogP contribution < -0.4 is 4.18 Å². The second-order valence-corrected chi connectivity index (χ2v) is 8.82. The molecule has 0 spiro atoms. The topological polar surface area (TPSA) is 77.5 Å². The van der Waals surface area contributed by atoms with E-state index >= 15 is 0 Å². The van der Waals surface area contributed by atoms with Gasteiger partial charge in [0.05, 0.1) is 14.9 Å². The molecule has 0 amide bonds. The molecule has 2 aromatic rings. The van der Waals surface area contributed by atoms with Gasteiger partial charge in [-0.1, -0.05) is 23.2 Å². The Kier molecular flexibility index (Phi) is 4.91. The van der Waals surface area contributed by atoms with Crippen molar-refractivity contribution < 1.29 is 25.4 Å². The van der Waals surface area contributed by atoms with Crippen molar-refractivity contribution in [1.29, 1.82) is 0 Å². The molecule has 2 aromatic carbocycles. The summed E-state index contributed by atoms with van der Waals surface area (Å²) in [6.07, 6.45) is 0.921. The van der Waals surface area contributed by atoms with Crippen LogP contribution in [-0.2, 0) is 20.0 Å². The average molecular weight is 399 g/mol. The van der Waals surface area contributed by atoms with Gasteiger partial charge in [0.15, 0.2) is 15.6 Å². The Labute approximate surface area is 142 Å². The fraction of sp³-hybridized carbons (Fsp3) is 0.0769. The zero-order valence-electron chi connectivity index (χ0n) is 11.5. The molecule has 0 saturated carbocycles. The van der Waals surface area contributed by atoms with Gasteiger partial charge in [0.2, 0.25) is 0 Å². The van der Waals surface area contributed by atoms with Crippen LogP contribution >= 0.6 is 23.2 Å². The van der Waals surface area contributed by atoms with Gasteiger partial charge >= 0.3 is 10.1 Å². The van der Waals surface area contributed by atoms with Crippen molar-refractivity contribution in [3.8, 4) is 5.75 Å². The highest BCUT2D eigenvalue weighted by Crippen LogP contribution is 2.31. The predicted molar refractivity (Wildman–Crippen MR) is 83.8 cm³/mol. The minimum atomic E-state index is -4.47. The van der Waals surface area contributed by atoms with Gasteiger partial charge in [-0.05, 0) is 36.4 Å². The Morgan fingerprint density at radius 2 is 1.61 bits per heavy atom. The van der Waals surface area contributed by atoms with Crippen LogP contribution in [0.1, 0.15) is 0 Å². The van der Waals surface area contributed by atoms with Crippen LogP contribution in [0.4, 0.5) is 4.39 Å². The Balaban J connectivity index is 2.51. The normalized spacial score (nSPS) is 12.2. The standard InChI is InChI=1S/C13H9Cl2FO5S2/c1-22(17,18)9-3-4-10(14)13(7-9)23(19,20)21-12-5-2-8(16)6-11(12)15/h2-7H,1H3. The van der Waals surface area contributed by atoms with E-state index in [1.54, 1.807) is 0 Å². The van der Waals surface area contributed by atoms with E-state index in [0.717, 1.165) is 36.6 Å². The van der Waals surface area contributed by atoms with E-state index in [-0.39, 0.29) is 20.7 Å². The van der Waals surface area contributed by atoms with Crippen LogP contribution in [0.2, 0.25) is 10.0 Å². The zero-order chi connectivity index (χ0) is 17.4. The number of benzene rings is 2. The van der Waals surface area contributed by atoms with Crippen LogP contribution in [0.3, 0.4) is 0 Å². The van der Waals surface area contributed by atoms with Crippen molar-refractivity contribution in [3.63, 3.8) is 0 Å². The van der Waals surface area contributed by atoms with Gasteiger partial charge in [-0.25, -0.2) is 12.8 Å². The largest absolute Gasteiger partial charge is 0.377 e. The van der Waals surface area contributed by atoms with Gasteiger partial charge in [-0.2, -0.15) is 8.42 Å². The maximum atomic E-state index is 13.0. The van der Waals surface area contributed by atoms with Gasteiger partial charge in [-0.15, -0.1) is 0 Å². The predicted octanol–water partition coefficient (Wildman–Crippen LogP) is 3.30. The van der Waals surface area contributed by atoms with Crippen molar-refractivity contribution in [3.05, 3.63) is 52.3 Å². The first kappa shape index (κ1) is 18.0. The van der Waals surface area contributed by atoms with Gasteiger partial charge in [0, 0.05) is 6.26 Å². The third-order valence-corrected chi connectivity index (χ3v) is 5.82. The zero-order valence-corrected chi connectivity index (χ0v) is 14.6. The van der Waals surface area contributed by atoms with Gasteiger partial charge in [0.25, 0.3) is 0 Å². The lowest BCUT2D eigenvalue weighted by molar-refractivity contribution is 0.485. The molecule has 0 radical (unpaired) electrons. The molecule has 124 valence electrons. The fourth-order valence-corrected chi connectivity index (χ4v) is 4.04. The van der Waals surface area contributed by atoms with E-state index in [1.165, 1.54) is 6.07 Å². The van der Waals surface area contributed by atoms with Crippen molar-refractivity contribution in [1.82, 2.24) is 0 Å². The van der Waals surface area contributed by atoms with Crippen LogP contribution in [0.15, 0.2) is 46.2 Å². The molecule has 5 nitrogen and oxygen atoms in total. The smallest absolute Gasteiger partial charge is 0.340 e. The molecule has 0 aliphatic rings. The highest BCUT2D eigenvalue weighted by atomic mass is 35.5. The molecule has 0 aromatic heterocycles. The molecule has 0 bridgehead atoms. The summed E-state index contributed by atoms with van der Waals surface area (Å²) >= 11 is 11.5. The minimum Gasteiger partial charge on any atom is -0.377 e. The number of hydrogen-bond donors (Lipinski definition) is 0. The number of hydrogen-bond acceptors (Lipinski definition) is 5. The molecule has 0 N–H and O–H groups in total. The number of rotatable bonds is 4. The third kappa shape index (κ3) is 4.14. The summed E-state index contributed by atoms with van der Waals surface area (Å²) in [5.41, 5.74) is 0. The first-order chi connectivity index (χ1) is 10.5. The maximum absolute atomic E-state index is 13.0. The Morgan fingerprint density at radius 3 is 2.17 bits per heavy atom. The van der Waals surface area contributed by atoms with E-state index in [2.05, 4.69) is 0 Å². The SMILES string of the molecule is CS(=O)(=O)c1ccc(Cl)c(S(=O)(=O)Oc2ccc(F)cc2Cl)c1. The molecule has 2 rings (SSSR count). The molecule has 0 atom stereocenters. The highest BCUT2D eigenvalue weighted by Gasteiger charge is 2.24. The maximum Gasteiger partial charge on any atom is 0.340 e. The van der Waals surface area contributed by atoms with E-state index in [4.69, 9.17) is 27.4 Å². The van der Waals surface area contributed by atoms with E-state index in [0.29, 0.717) is 0 Å². The summed E-state index contributed by atoms with van der Waals surface area (Å²) in [5.74, 6) is -0.981. The fourth-order valence-electron chi connectivity index (χ4n) is 1.61. The average Bonchev–Trinajstić information content (AvgIpc) is 2.41. The second kappa shape index (κ2) is 6.27. The third-order valence-electron chi connectivity index (χ3n) is 2.69. The minimum absolute atomic E-state index is 0.226. The van der Waals surface area contributed by atoms with Crippen molar-refractivity contribution >= 4 is 43.2 Å². The van der Waals surface area contributed by atoms with Crippen LogP contribution in [0.5, 0.6) is 5.75 Å². The van der Waals surface area contributed by atoms with Gasteiger partial charge in [0.1, 0.15) is 10.7 Å². The second-order valence-electron chi connectivity index (χ2n) is 4.48. The summed E-state index contributed by atoms with van der Waals surface area (Å²) in [4.78, 5) is -0.781. The quantitative estimate of drug-likeness (QED) is 0.738. The first-order valence-electron chi connectivity index (χ1n) is 5.90. The molecular weight excluding hydrogens is 390 g/mol. The summed E-state index contributed by atoms with van der Waals surface area (Å²) in [6, 6.07) is 6.04. The summed E-state index contributed by atoms with van der Waals surface area (Å²) in [5, 5.41) is -0.486. The molecule has 0 saturated heterocycles. The lowest BCUT2D eigenvalue weighted by Crippen LogP contribution is -2.12. The highest BCUT2D eigenvalue weighted by molar-refractivity contribution is 7.90. The van der Waals surface area contributed by atoms with Crippen LogP contribution in [0, 0.1) is 5.82 Å². The van der Waals surface area contributed by atoms with Gasteiger partial charge in [-0.3, -0.25) is 0 Å². The molecule has 0 aliphatic heterocycles. The lowest BCUT2D eigenvalue weighted by Gasteiger charge is -2.10. The van der Waals surface area contributed by atoms with Gasteiger partial charge < -0.3 is 4.18 Å². The number of sulfone groups is 1. The van der Waals surface area contributed by atoms with Crippen LogP contribution in [0.25, 0.3) is 0 Å². The van der Waals surface area contributed by atoms with Crippen molar-refractivity contribution in [2.24, 2.45) is 0 Å².